The summed E-state index contributed by atoms with van der Waals surface area (Å²) in [5.74, 6) is -0.110. The van der Waals surface area contributed by atoms with Crippen molar-refractivity contribution < 1.29 is 13.5 Å². The minimum absolute atomic E-state index is 0.0529. The maximum Gasteiger partial charge on any atom is 0.313 e. The Labute approximate surface area is 97.4 Å². The SMILES string of the molecule is CC(C)Oc1ccc(-c2nnc(N)o2)cc1F. The lowest BCUT2D eigenvalue weighted by Crippen LogP contribution is -2.06. The van der Waals surface area contributed by atoms with Crippen LogP contribution in [0.2, 0.25) is 0 Å². The first-order valence-corrected chi connectivity index (χ1v) is 5.12. The number of nitrogens with zero attached hydrogens (tertiary/aromatic N) is 2. The molecule has 0 fully saturated rings. The Balaban J connectivity index is 2.30. The molecule has 1 aromatic heterocycles. The van der Waals surface area contributed by atoms with Crippen LogP contribution in [0.3, 0.4) is 0 Å². The normalized spacial score (nSPS) is 10.8. The third-order valence-electron chi connectivity index (χ3n) is 1.98. The Morgan fingerprint density at radius 3 is 2.65 bits per heavy atom. The number of nitrogen functional groups attached to an aromatic ring is 1. The molecule has 0 radical (unpaired) electrons. The summed E-state index contributed by atoms with van der Waals surface area (Å²) in [5.41, 5.74) is 5.75. The molecular weight excluding hydrogens is 225 g/mol. The number of hydrogen-bond acceptors (Lipinski definition) is 5. The highest BCUT2D eigenvalue weighted by atomic mass is 19.1. The van der Waals surface area contributed by atoms with Crippen LogP contribution in [0.15, 0.2) is 22.6 Å². The maximum atomic E-state index is 13.7. The van der Waals surface area contributed by atoms with Gasteiger partial charge >= 0.3 is 6.01 Å². The molecule has 5 nitrogen and oxygen atoms in total. The first-order chi connectivity index (χ1) is 8.06. The predicted molar refractivity (Wildman–Crippen MR) is 59.9 cm³/mol. The van der Waals surface area contributed by atoms with E-state index in [4.69, 9.17) is 14.9 Å². The number of rotatable bonds is 3. The minimum Gasteiger partial charge on any atom is -0.488 e. The highest BCUT2D eigenvalue weighted by Gasteiger charge is 2.11. The third kappa shape index (κ3) is 2.52. The lowest BCUT2D eigenvalue weighted by Gasteiger charge is -2.10. The van der Waals surface area contributed by atoms with Gasteiger partial charge in [-0.25, -0.2) is 4.39 Å². The largest absolute Gasteiger partial charge is 0.488 e. The summed E-state index contributed by atoms with van der Waals surface area (Å²) >= 11 is 0. The summed E-state index contributed by atoms with van der Waals surface area (Å²) < 4.78 is 23.9. The molecule has 17 heavy (non-hydrogen) atoms. The van der Waals surface area contributed by atoms with Crippen molar-refractivity contribution in [3.8, 4) is 17.2 Å². The molecule has 0 aliphatic heterocycles. The zero-order valence-electron chi connectivity index (χ0n) is 9.48. The van der Waals surface area contributed by atoms with Crippen LogP contribution in [0.1, 0.15) is 13.8 Å². The van der Waals surface area contributed by atoms with Gasteiger partial charge in [-0.05, 0) is 32.0 Å². The second-order valence-corrected chi connectivity index (χ2v) is 3.76. The Morgan fingerprint density at radius 1 is 1.35 bits per heavy atom. The van der Waals surface area contributed by atoms with E-state index in [9.17, 15) is 4.39 Å². The van der Waals surface area contributed by atoms with E-state index in [0.717, 1.165) is 0 Å². The van der Waals surface area contributed by atoms with Gasteiger partial charge in [0.15, 0.2) is 11.6 Å². The van der Waals surface area contributed by atoms with Gasteiger partial charge in [-0.15, -0.1) is 5.10 Å². The van der Waals surface area contributed by atoms with Crippen molar-refractivity contribution >= 4 is 6.01 Å². The van der Waals surface area contributed by atoms with Crippen LogP contribution in [0.4, 0.5) is 10.4 Å². The van der Waals surface area contributed by atoms with Gasteiger partial charge in [-0.1, -0.05) is 5.10 Å². The highest BCUT2D eigenvalue weighted by molar-refractivity contribution is 5.55. The first kappa shape index (κ1) is 11.4. The van der Waals surface area contributed by atoms with Crippen molar-refractivity contribution in [1.82, 2.24) is 10.2 Å². The van der Waals surface area contributed by atoms with Gasteiger partial charge in [0, 0.05) is 5.56 Å². The van der Waals surface area contributed by atoms with Gasteiger partial charge < -0.3 is 14.9 Å². The van der Waals surface area contributed by atoms with Gasteiger partial charge in [0.1, 0.15) is 0 Å². The summed E-state index contributed by atoms with van der Waals surface area (Å²) in [6.07, 6.45) is -0.0885. The number of nitrogens with two attached hydrogens (primary N) is 1. The quantitative estimate of drug-likeness (QED) is 0.886. The lowest BCUT2D eigenvalue weighted by molar-refractivity contribution is 0.231. The number of benzene rings is 1. The summed E-state index contributed by atoms with van der Waals surface area (Å²) in [6, 6.07) is 4.37. The molecule has 0 aliphatic rings. The van der Waals surface area contributed by atoms with Crippen molar-refractivity contribution in [3.05, 3.63) is 24.0 Å². The molecule has 0 aliphatic carbocycles. The molecule has 0 unspecified atom stereocenters. The van der Waals surface area contributed by atoms with Gasteiger partial charge in [0.2, 0.25) is 5.89 Å². The highest BCUT2D eigenvalue weighted by Crippen LogP contribution is 2.25. The van der Waals surface area contributed by atoms with E-state index >= 15 is 0 Å². The number of anilines is 1. The summed E-state index contributed by atoms with van der Waals surface area (Å²) in [6.45, 7) is 3.65. The summed E-state index contributed by atoms with van der Waals surface area (Å²) in [7, 11) is 0. The van der Waals surface area contributed by atoms with Crippen LogP contribution < -0.4 is 10.5 Å². The molecule has 0 saturated heterocycles. The fourth-order valence-corrected chi connectivity index (χ4v) is 1.33. The molecule has 90 valence electrons. The van der Waals surface area contributed by atoms with Gasteiger partial charge in [0.05, 0.1) is 6.10 Å². The number of aromatic nitrogens is 2. The van der Waals surface area contributed by atoms with Gasteiger partial charge in [0.25, 0.3) is 0 Å². The van der Waals surface area contributed by atoms with Crippen molar-refractivity contribution in [2.45, 2.75) is 20.0 Å². The van der Waals surface area contributed by atoms with Crippen molar-refractivity contribution in [1.29, 1.82) is 0 Å². The van der Waals surface area contributed by atoms with E-state index in [1.165, 1.54) is 12.1 Å². The van der Waals surface area contributed by atoms with E-state index in [0.29, 0.717) is 5.56 Å². The fraction of sp³-hybridized carbons (Fsp3) is 0.273. The molecule has 0 saturated carbocycles. The second kappa shape index (κ2) is 4.40. The summed E-state index contributed by atoms with van der Waals surface area (Å²) in [4.78, 5) is 0. The minimum atomic E-state index is -0.479. The monoisotopic (exact) mass is 237 g/mol. The molecule has 2 rings (SSSR count). The van der Waals surface area contributed by atoms with Crippen LogP contribution >= 0.6 is 0 Å². The first-order valence-electron chi connectivity index (χ1n) is 5.12. The van der Waals surface area contributed by atoms with Crippen LogP contribution in [0, 0.1) is 5.82 Å². The van der Waals surface area contributed by atoms with E-state index in [1.54, 1.807) is 6.07 Å². The average Bonchev–Trinajstić information content (AvgIpc) is 2.67. The summed E-state index contributed by atoms with van der Waals surface area (Å²) in [5, 5.41) is 7.17. The van der Waals surface area contributed by atoms with Crippen molar-refractivity contribution in [2.75, 3.05) is 5.73 Å². The predicted octanol–water partition coefficient (Wildman–Crippen LogP) is 2.25. The van der Waals surface area contributed by atoms with Crippen LogP contribution in [0.5, 0.6) is 5.75 Å². The molecule has 2 N–H and O–H groups in total. The Hall–Kier alpha value is -2.11. The zero-order chi connectivity index (χ0) is 12.4. The smallest absolute Gasteiger partial charge is 0.313 e. The van der Waals surface area contributed by atoms with Crippen LogP contribution in [0.25, 0.3) is 11.5 Å². The van der Waals surface area contributed by atoms with Crippen LogP contribution in [-0.2, 0) is 0 Å². The Bertz CT molecular complexity index is 525. The standard InChI is InChI=1S/C11H12FN3O2/c1-6(2)16-9-4-3-7(5-8(9)12)10-14-15-11(13)17-10/h3-6H,1-2H3,(H2,13,15). The third-order valence-corrected chi connectivity index (χ3v) is 1.98. The second-order valence-electron chi connectivity index (χ2n) is 3.76. The van der Waals surface area contributed by atoms with Gasteiger partial charge in [-0.3, -0.25) is 0 Å². The lowest BCUT2D eigenvalue weighted by atomic mass is 10.2. The van der Waals surface area contributed by atoms with Crippen molar-refractivity contribution in [3.63, 3.8) is 0 Å². The molecule has 0 bridgehead atoms. The Kier molecular flexibility index (Phi) is 2.95. The number of hydrogen-bond donors (Lipinski definition) is 1. The molecular formula is C11H12FN3O2. The van der Waals surface area contributed by atoms with Crippen LogP contribution in [-0.4, -0.2) is 16.3 Å². The molecule has 0 amide bonds. The molecule has 6 heteroatoms. The molecule has 2 aromatic rings. The van der Waals surface area contributed by atoms with Gasteiger partial charge in [-0.2, -0.15) is 0 Å². The van der Waals surface area contributed by atoms with E-state index in [1.807, 2.05) is 13.8 Å². The fourth-order valence-electron chi connectivity index (χ4n) is 1.33. The molecule has 1 heterocycles. The topological polar surface area (TPSA) is 74.2 Å². The maximum absolute atomic E-state index is 13.7. The van der Waals surface area contributed by atoms with E-state index < -0.39 is 5.82 Å². The molecule has 0 spiro atoms. The zero-order valence-corrected chi connectivity index (χ0v) is 9.48. The number of halogens is 1. The Morgan fingerprint density at radius 2 is 2.12 bits per heavy atom. The van der Waals surface area contributed by atoms with E-state index in [-0.39, 0.29) is 23.8 Å². The van der Waals surface area contributed by atoms with Crippen molar-refractivity contribution in [2.24, 2.45) is 0 Å². The average molecular weight is 237 g/mol. The number of ether oxygens (including phenoxy) is 1. The molecule has 0 atom stereocenters. The van der Waals surface area contributed by atoms with E-state index in [2.05, 4.69) is 10.2 Å². The molecule has 1 aromatic carbocycles.